The van der Waals surface area contributed by atoms with Crippen LogP contribution in [0.5, 0.6) is 0 Å². The summed E-state index contributed by atoms with van der Waals surface area (Å²) in [6.45, 7) is 0.219. The van der Waals surface area contributed by atoms with Crippen LogP contribution in [0.25, 0.3) is 0 Å². The fourth-order valence-corrected chi connectivity index (χ4v) is 3.98. The van der Waals surface area contributed by atoms with E-state index < -0.39 is 18.0 Å². The number of anilines is 1. The third-order valence-corrected chi connectivity index (χ3v) is 5.60. The molecule has 4 rings (SSSR count). The van der Waals surface area contributed by atoms with Crippen LogP contribution < -0.4 is 16.0 Å². The Morgan fingerprint density at radius 1 is 1.09 bits per heavy atom. The first-order valence-electron chi connectivity index (χ1n) is 10.7. The Kier molecular flexibility index (Phi) is 10.1. The molecule has 2 atom stereocenters. The largest absolute Gasteiger partial charge is 0.344 e. The molecule has 0 aliphatic carbocycles. The molecule has 1 unspecified atom stereocenters. The number of nitrogens with two attached hydrogens (primary N) is 1. The first-order valence-corrected chi connectivity index (χ1v) is 10.7. The SMILES string of the molecule is Cl.Cl.N[C@@H](CC(=O)NC1Cc2ncccc2N(Cc2ccc(F)cc2)C1=O)Cc1ccccc1F. The van der Waals surface area contributed by atoms with Gasteiger partial charge in [-0.25, -0.2) is 8.78 Å². The summed E-state index contributed by atoms with van der Waals surface area (Å²) in [7, 11) is 0. The summed E-state index contributed by atoms with van der Waals surface area (Å²) < 4.78 is 27.1. The molecule has 2 aromatic carbocycles. The number of hydrogen-bond donors (Lipinski definition) is 2. The van der Waals surface area contributed by atoms with Crippen LogP contribution in [0.2, 0.25) is 0 Å². The predicted octanol–water partition coefficient (Wildman–Crippen LogP) is 3.74. The second-order valence-electron chi connectivity index (χ2n) is 8.10. The Morgan fingerprint density at radius 2 is 1.80 bits per heavy atom. The molecule has 0 saturated carbocycles. The Labute approximate surface area is 214 Å². The zero-order chi connectivity index (χ0) is 23.4. The van der Waals surface area contributed by atoms with Gasteiger partial charge in [-0.2, -0.15) is 0 Å². The molecular weight excluding hydrogens is 497 g/mol. The Bertz CT molecular complexity index is 1160. The molecule has 0 fully saturated rings. The zero-order valence-corrected chi connectivity index (χ0v) is 20.3. The molecular formula is C25H26Cl2F2N4O2. The summed E-state index contributed by atoms with van der Waals surface area (Å²) in [5, 5.41) is 2.76. The van der Waals surface area contributed by atoms with E-state index in [2.05, 4.69) is 10.3 Å². The average Bonchev–Trinajstić information content (AvgIpc) is 2.79. The lowest BCUT2D eigenvalue weighted by atomic mass is 9.99. The number of carbonyl (C=O) groups is 2. The van der Waals surface area contributed by atoms with E-state index in [-0.39, 0.29) is 68.2 Å². The molecule has 6 nitrogen and oxygen atoms in total. The summed E-state index contributed by atoms with van der Waals surface area (Å²) in [4.78, 5) is 31.8. The van der Waals surface area contributed by atoms with Crippen molar-refractivity contribution in [1.82, 2.24) is 10.3 Å². The van der Waals surface area contributed by atoms with Crippen molar-refractivity contribution in [2.45, 2.75) is 37.9 Å². The molecule has 2 amide bonds. The van der Waals surface area contributed by atoms with Crippen LogP contribution in [0.3, 0.4) is 0 Å². The van der Waals surface area contributed by atoms with Crippen molar-refractivity contribution in [3.8, 4) is 0 Å². The van der Waals surface area contributed by atoms with Gasteiger partial charge in [0.25, 0.3) is 0 Å². The third-order valence-electron chi connectivity index (χ3n) is 5.60. The number of nitrogens with zero attached hydrogens (tertiary/aromatic N) is 2. The summed E-state index contributed by atoms with van der Waals surface area (Å²) in [6.07, 6.45) is 2.04. The van der Waals surface area contributed by atoms with Gasteiger partial charge in [0.2, 0.25) is 11.8 Å². The molecule has 0 radical (unpaired) electrons. The van der Waals surface area contributed by atoms with Crippen molar-refractivity contribution >= 4 is 42.3 Å². The molecule has 0 bridgehead atoms. The van der Waals surface area contributed by atoms with Crippen molar-refractivity contribution in [2.75, 3.05) is 4.90 Å². The molecule has 2 heterocycles. The number of fused-ring (bicyclic) bond motifs is 1. The smallest absolute Gasteiger partial charge is 0.250 e. The Morgan fingerprint density at radius 3 is 2.51 bits per heavy atom. The summed E-state index contributed by atoms with van der Waals surface area (Å²) >= 11 is 0. The van der Waals surface area contributed by atoms with Crippen LogP contribution in [-0.4, -0.2) is 28.9 Å². The Balaban J connectivity index is 0.00000216. The van der Waals surface area contributed by atoms with Gasteiger partial charge < -0.3 is 16.0 Å². The lowest BCUT2D eigenvalue weighted by Crippen LogP contribution is -2.53. The van der Waals surface area contributed by atoms with E-state index in [9.17, 15) is 18.4 Å². The van der Waals surface area contributed by atoms with Crippen molar-refractivity contribution in [1.29, 1.82) is 0 Å². The number of rotatable bonds is 7. The highest BCUT2D eigenvalue weighted by Crippen LogP contribution is 2.28. The second-order valence-corrected chi connectivity index (χ2v) is 8.10. The molecule has 3 N–H and O–H groups in total. The quantitative estimate of drug-likeness (QED) is 0.494. The predicted molar refractivity (Wildman–Crippen MR) is 135 cm³/mol. The maximum atomic E-state index is 13.9. The highest BCUT2D eigenvalue weighted by molar-refractivity contribution is 6.01. The number of aromatic nitrogens is 1. The van der Waals surface area contributed by atoms with Crippen LogP contribution in [-0.2, 0) is 29.0 Å². The van der Waals surface area contributed by atoms with Gasteiger partial charge in [0.05, 0.1) is 17.9 Å². The van der Waals surface area contributed by atoms with Gasteiger partial charge in [-0.15, -0.1) is 24.8 Å². The molecule has 0 spiro atoms. The molecule has 186 valence electrons. The van der Waals surface area contributed by atoms with Gasteiger partial charge in [-0.05, 0) is 47.9 Å². The first-order chi connectivity index (χ1) is 15.9. The first kappa shape index (κ1) is 28.2. The molecule has 35 heavy (non-hydrogen) atoms. The summed E-state index contributed by atoms with van der Waals surface area (Å²) in [5.74, 6) is -1.40. The minimum absolute atomic E-state index is 0. The maximum absolute atomic E-state index is 13.9. The average molecular weight is 523 g/mol. The number of benzene rings is 2. The molecule has 1 aromatic heterocycles. The van der Waals surface area contributed by atoms with Crippen LogP contribution in [0.15, 0.2) is 66.9 Å². The third kappa shape index (κ3) is 6.97. The van der Waals surface area contributed by atoms with E-state index in [0.29, 0.717) is 16.9 Å². The molecule has 0 saturated heterocycles. The summed E-state index contributed by atoms with van der Waals surface area (Å²) in [6, 6.07) is 14.3. The van der Waals surface area contributed by atoms with Crippen molar-refractivity contribution in [3.05, 3.63) is 95.3 Å². The zero-order valence-electron chi connectivity index (χ0n) is 18.7. The van der Waals surface area contributed by atoms with Gasteiger partial charge in [0.1, 0.15) is 17.7 Å². The van der Waals surface area contributed by atoms with Gasteiger partial charge in [-0.3, -0.25) is 14.6 Å². The van der Waals surface area contributed by atoms with E-state index in [1.807, 2.05) is 0 Å². The topological polar surface area (TPSA) is 88.3 Å². The fourth-order valence-electron chi connectivity index (χ4n) is 3.98. The van der Waals surface area contributed by atoms with E-state index in [1.165, 1.54) is 18.2 Å². The van der Waals surface area contributed by atoms with Gasteiger partial charge in [-0.1, -0.05) is 30.3 Å². The monoisotopic (exact) mass is 522 g/mol. The fraction of sp³-hybridized carbons (Fsp3) is 0.240. The number of amides is 2. The highest BCUT2D eigenvalue weighted by Gasteiger charge is 2.34. The normalized spacial score (nSPS) is 15.3. The van der Waals surface area contributed by atoms with Crippen LogP contribution in [0, 0.1) is 11.6 Å². The number of pyridine rings is 1. The number of carbonyl (C=O) groups excluding carboxylic acids is 2. The van der Waals surface area contributed by atoms with Crippen LogP contribution in [0.4, 0.5) is 14.5 Å². The molecule has 3 aromatic rings. The lowest BCUT2D eigenvalue weighted by molar-refractivity contribution is -0.128. The lowest BCUT2D eigenvalue weighted by Gasteiger charge is -2.34. The maximum Gasteiger partial charge on any atom is 0.250 e. The van der Waals surface area contributed by atoms with Gasteiger partial charge in [0.15, 0.2) is 0 Å². The molecule has 1 aliphatic rings. The standard InChI is InChI=1S/C25H24F2N4O2.2ClH/c26-18-9-7-16(8-10-18)15-31-23-6-3-11-29-21(23)14-22(25(31)33)30-24(32)13-19(28)12-17-4-1-2-5-20(17)27;;/h1-11,19,22H,12-15,28H2,(H,30,32);2*1H/t19-,22?;;/m1../s1. The second kappa shape index (κ2) is 12.6. The van der Waals surface area contributed by atoms with Crippen molar-refractivity contribution < 1.29 is 18.4 Å². The van der Waals surface area contributed by atoms with Crippen molar-refractivity contribution in [2.24, 2.45) is 5.73 Å². The minimum Gasteiger partial charge on any atom is -0.344 e. The highest BCUT2D eigenvalue weighted by atomic mass is 35.5. The van der Waals surface area contributed by atoms with E-state index in [4.69, 9.17) is 5.73 Å². The Hall–Kier alpha value is -3.07. The summed E-state index contributed by atoms with van der Waals surface area (Å²) in [5.41, 5.74) is 8.60. The van der Waals surface area contributed by atoms with Gasteiger partial charge in [0, 0.05) is 25.1 Å². The van der Waals surface area contributed by atoms with Crippen LogP contribution >= 0.6 is 24.8 Å². The molecule has 1 aliphatic heterocycles. The number of hydrogen-bond acceptors (Lipinski definition) is 4. The number of nitrogens with one attached hydrogen (secondary N) is 1. The van der Waals surface area contributed by atoms with Crippen molar-refractivity contribution in [3.63, 3.8) is 0 Å². The van der Waals surface area contributed by atoms with E-state index in [0.717, 1.165) is 5.56 Å². The van der Waals surface area contributed by atoms with E-state index >= 15 is 0 Å². The van der Waals surface area contributed by atoms with Gasteiger partial charge >= 0.3 is 0 Å². The van der Waals surface area contributed by atoms with Crippen LogP contribution in [0.1, 0.15) is 23.2 Å². The molecule has 10 heteroatoms. The van der Waals surface area contributed by atoms with E-state index in [1.54, 1.807) is 53.6 Å². The minimum atomic E-state index is -0.805. The number of halogens is 4.